The molecule has 3 amide bonds. The average Bonchev–Trinajstić information content (AvgIpc) is 2.89. The van der Waals surface area contributed by atoms with Crippen LogP contribution in [0.25, 0.3) is 0 Å². The van der Waals surface area contributed by atoms with Gasteiger partial charge < -0.3 is 44.0 Å². The summed E-state index contributed by atoms with van der Waals surface area (Å²) >= 11 is 0. The van der Waals surface area contributed by atoms with Crippen molar-refractivity contribution in [2.24, 2.45) is 33.8 Å². The Kier molecular flexibility index (Phi) is 15.9. The van der Waals surface area contributed by atoms with Gasteiger partial charge in [0.05, 0.1) is 6.04 Å². The van der Waals surface area contributed by atoms with Crippen LogP contribution >= 0.6 is 0 Å². The van der Waals surface area contributed by atoms with Crippen molar-refractivity contribution in [1.29, 1.82) is 0 Å². The molecule has 0 spiro atoms. The number of nitrogens with one attached hydrogen (secondary N) is 3. The van der Waals surface area contributed by atoms with Crippen molar-refractivity contribution in [1.82, 2.24) is 16.0 Å². The zero-order valence-electron chi connectivity index (χ0n) is 23.5. The summed E-state index contributed by atoms with van der Waals surface area (Å²) in [7, 11) is 0. The first-order valence-electron chi connectivity index (χ1n) is 13.6. The minimum Gasteiger partial charge on any atom is -0.480 e. The number of carbonyl (C=O) groups excluding carboxylic acids is 3. The van der Waals surface area contributed by atoms with Gasteiger partial charge in [0.25, 0.3) is 0 Å². The van der Waals surface area contributed by atoms with E-state index in [1.165, 1.54) is 0 Å². The van der Waals surface area contributed by atoms with E-state index in [4.69, 9.17) is 22.9 Å². The number of carboxylic acid groups (broad SMARTS) is 1. The first-order chi connectivity index (χ1) is 18.9. The fourth-order valence-electron chi connectivity index (χ4n) is 3.99. The van der Waals surface area contributed by atoms with Crippen LogP contribution in [0.3, 0.4) is 0 Å². The second-order valence-electron chi connectivity index (χ2n) is 10.2. The molecule has 0 radical (unpaired) electrons. The Morgan fingerprint density at radius 2 is 1.45 bits per heavy atom. The van der Waals surface area contributed by atoms with Gasteiger partial charge in [-0.3, -0.25) is 19.4 Å². The van der Waals surface area contributed by atoms with Crippen LogP contribution in [0, 0.1) is 5.92 Å². The monoisotopic (exact) mass is 562 g/mol. The van der Waals surface area contributed by atoms with E-state index in [-0.39, 0.29) is 37.7 Å². The summed E-state index contributed by atoms with van der Waals surface area (Å²) < 4.78 is 0. The quantitative estimate of drug-likeness (QED) is 0.0604. The number of aliphatic carboxylic acids is 1. The molecule has 224 valence electrons. The number of guanidine groups is 1. The number of rotatable bonds is 19. The molecule has 0 fully saturated rings. The van der Waals surface area contributed by atoms with Gasteiger partial charge in [-0.15, -0.1) is 0 Å². The number of aliphatic imine (C=N–C) groups is 1. The molecule has 1 rings (SSSR count). The van der Waals surface area contributed by atoms with Crippen molar-refractivity contribution < 1.29 is 24.3 Å². The predicted octanol–water partition coefficient (Wildman–Crippen LogP) is -0.676. The summed E-state index contributed by atoms with van der Waals surface area (Å²) in [5, 5.41) is 17.5. The summed E-state index contributed by atoms with van der Waals surface area (Å²) in [5.41, 5.74) is 23.0. The number of nitrogens with two attached hydrogens (primary N) is 4. The first-order valence-corrected chi connectivity index (χ1v) is 13.6. The van der Waals surface area contributed by atoms with E-state index in [1.54, 1.807) is 24.3 Å². The molecule has 12 N–H and O–H groups in total. The van der Waals surface area contributed by atoms with E-state index in [0.29, 0.717) is 32.2 Å². The normalized spacial score (nSPS) is 13.9. The highest BCUT2D eigenvalue weighted by Crippen LogP contribution is 2.09. The molecule has 13 heteroatoms. The highest BCUT2D eigenvalue weighted by molar-refractivity contribution is 5.94. The highest BCUT2D eigenvalue weighted by Gasteiger charge is 2.30. The Balaban J connectivity index is 3.12. The number of unbranched alkanes of at least 4 members (excludes halogenated alkanes) is 1. The molecule has 4 atom stereocenters. The molecule has 1 aromatic carbocycles. The molecule has 1 aromatic rings. The van der Waals surface area contributed by atoms with Crippen LogP contribution in [-0.4, -0.2) is 72.0 Å². The maximum absolute atomic E-state index is 13.4. The smallest absolute Gasteiger partial charge is 0.326 e. The van der Waals surface area contributed by atoms with Gasteiger partial charge >= 0.3 is 5.97 Å². The van der Waals surface area contributed by atoms with Gasteiger partial charge in [-0.1, -0.05) is 50.6 Å². The number of hydrogen-bond acceptors (Lipinski definition) is 7. The second-order valence-corrected chi connectivity index (χ2v) is 10.2. The number of nitrogens with zero attached hydrogens (tertiary/aromatic N) is 1. The van der Waals surface area contributed by atoms with Crippen LogP contribution in [0.15, 0.2) is 35.3 Å². The third-order valence-corrected chi connectivity index (χ3v) is 6.12. The average molecular weight is 563 g/mol. The summed E-state index contributed by atoms with van der Waals surface area (Å²) in [4.78, 5) is 55.1. The fourth-order valence-corrected chi connectivity index (χ4v) is 3.99. The summed E-state index contributed by atoms with van der Waals surface area (Å²) in [5.74, 6) is -3.01. The Bertz CT molecular complexity index is 969. The Labute approximate surface area is 235 Å². The van der Waals surface area contributed by atoms with Gasteiger partial charge in [0.2, 0.25) is 17.7 Å². The third-order valence-electron chi connectivity index (χ3n) is 6.12. The van der Waals surface area contributed by atoms with Crippen LogP contribution < -0.4 is 38.9 Å². The zero-order chi connectivity index (χ0) is 30.1. The van der Waals surface area contributed by atoms with Gasteiger partial charge in [0, 0.05) is 13.0 Å². The van der Waals surface area contributed by atoms with Crippen LogP contribution in [0.5, 0.6) is 0 Å². The molecule has 0 aliphatic rings. The van der Waals surface area contributed by atoms with Gasteiger partial charge in [-0.2, -0.15) is 0 Å². The van der Waals surface area contributed by atoms with Crippen molar-refractivity contribution in [2.45, 2.75) is 83.0 Å². The topological polar surface area (TPSA) is 241 Å². The Morgan fingerprint density at radius 3 is 2.02 bits per heavy atom. The van der Waals surface area contributed by atoms with Gasteiger partial charge in [0.15, 0.2) is 5.96 Å². The summed E-state index contributed by atoms with van der Waals surface area (Å²) in [6, 6.07) is 4.92. The summed E-state index contributed by atoms with van der Waals surface area (Å²) in [6.07, 6.45) is 2.65. The van der Waals surface area contributed by atoms with Gasteiger partial charge in [-0.05, 0) is 50.1 Å². The van der Waals surface area contributed by atoms with Gasteiger partial charge in [-0.25, -0.2) is 4.79 Å². The van der Waals surface area contributed by atoms with E-state index in [0.717, 1.165) is 5.56 Å². The lowest BCUT2D eigenvalue weighted by Gasteiger charge is -2.26. The molecule has 0 aliphatic carbocycles. The molecule has 0 bridgehead atoms. The largest absolute Gasteiger partial charge is 0.480 e. The van der Waals surface area contributed by atoms with E-state index < -0.39 is 47.9 Å². The molecule has 13 nitrogen and oxygen atoms in total. The van der Waals surface area contributed by atoms with Crippen molar-refractivity contribution >= 4 is 29.7 Å². The minimum absolute atomic E-state index is 0.0161. The van der Waals surface area contributed by atoms with Crippen molar-refractivity contribution in [2.75, 3.05) is 13.1 Å². The Morgan fingerprint density at radius 1 is 0.850 bits per heavy atom. The van der Waals surface area contributed by atoms with E-state index in [1.807, 2.05) is 19.9 Å². The lowest BCUT2D eigenvalue weighted by Crippen LogP contribution is -2.57. The maximum atomic E-state index is 13.4. The molecular weight excluding hydrogens is 516 g/mol. The highest BCUT2D eigenvalue weighted by atomic mass is 16.4. The lowest BCUT2D eigenvalue weighted by atomic mass is 10.0. The van der Waals surface area contributed by atoms with E-state index in [9.17, 15) is 24.3 Å². The van der Waals surface area contributed by atoms with Crippen LogP contribution in [0.1, 0.15) is 57.9 Å². The zero-order valence-corrected chi connectivity index (χ0v) is 23.5. The number of amides is 3. The minimum atomic E-state index is -1.17. The van der Waals surface area contributed by atoms with Gasteiger partial charge in [0.1, 0.15) is 18.1 Å². The molecule has 40 heavy (non-hydrogen) atoms. The first kappa shape index (κ1) is 34.3. The molecule has 0 saturated heterocycles. The number of hydrogen-bond donors (Lipinski definition) is 8. The third kappa shape index (κ3) is 13.9. The lowest BCUT2D eigenvalue weighted by molar-refractivity contribution is -0.142. The second kappa shape index (κ2) is 18.6. The van der Waals surface area contributed by atoms with E-state index in [2.05, 4.69) is 20.9 Å². The standard InChI is InChI=1S/C27H46N8O5/c1-17(2)15-22(26(39)40)35-25(38)21(16-18-9-4-3-5-10-18)34-24(37)20(12-8-14-32-27(30)31)33-23(36)19(29)11-6-7-13-28/h3-5,9-10,17,19-22H,6-8,11-16,28-29H2,1-2H3,(H,33,36)(H,34,37)(H,35,38)(H,39,40)(H4,30,31,32). The molecule has 4 unspecified atom stereocenters. The van der Waals surface area contributed by atoms with E-state index >= 15 is 0 Å². The molecule has 0 aromatic heterocycles. The molecule has 0 saturated carbocycles. The van der Waals surface area contributed by atoms with Crippen LogP contribution in [-0.2, 0) is 25.6 Å². The SMILES string of the molecule is CC(C)CC(NC(=O)C(Cc1ccccc1)NC(=O)C(CCCN=C(N)N)NC(=O)C(N)CCCCN)C(=O)O. The number of carbonyl (C=O) groups is 4. The fraction of sp³-hybridized carbons (Fsp3) is 0.593. The van der Waals surface area contributed by atoms with Crippen molar-refractivity contribution in [3.05, 3.63) is 35.9 Å². The van der Waals surface area contributed by atoms with Crippen LogP contribution in [0.4, 0.5) is 0 Å². The molecule has 0 aliphatic heterocycles. The Hall–Kier alpha value is -3.71. The van der Waals surface area contributed by atoms with Crippen molar-refractivity contribution in [3.8, 4) is 0 Å². The van der Waals surface area contributed by atoms with Crippen molar-refractivity contribution in [3.63, 3.8) is 0 Å². The number of carboxylic acids is 1. The maximum Gasteiger partial charge on any atom is 0.326 e. The molecular formula is C27H46N8O5. The predicted molar refractivity (Wildman–Crippen MR) is 154 cm³/mol. The summed E-state index contributed by atoms with van der Waals surface area (Å²) in [6.45, 7) is 4.41. The number of benzene rings is 1. The van der Waals surface area contributed by atoms with Crippen LogP contribution in [0.2, 0.25) is 0 Å². The molecule has 0 heterocycles.